The molecule has 4 heteroatoms. The second kappa shape index (κ2) is 5.58. The summed E-state index contributed by atoms with van der Waals surface area (Å²) >= 11 is 0. The van der Waals surface area contributed by atoms with Crippen molar-refractivity contribution in [3.8, 4) is 0 Å². The van der Waals surface area contributed by atoms with E-state index >= 15 is 0 Å². The van der Waals surface area contributed by atoms with E-state index in [1.54, 1.807) is 12.4 Å². The lowest BCUT2D eigenvalue weighted by molar-refractivity contribution is 0.148. The summed E-state index contributed by atoms with van der Waals surface area (Å²) in [6, 6.07) is 4.33. The number of aliphatic hydroxyl groups is 1. The van der Waals surface area contributed by atoms with Crippen LogP contribution in [0, 0.1) is 0 Å². The third kappa shape index (κ3) is 2.83. The first-order valence-electron chi connectivity index (χ1n) is 6.30. The van der Waals surface area contributed by atoms with E-state index in [1.165, 1.54) is 5.56 Å². The molecule has 3 unspecified atom stereocenters. The number of β-amino-alcohol motifs (C(OH)–C–C–N with tert-alkyl or cyclic N) is 1. The highest BCUT2D eigenvalue weighted by Gasteiger charge is 2.31. The molecule has 2 rings (SSSR count). The summed E-state index contributed by atoms with van der Waals surface area (Å²) in [6.07, 6.45) is 5.18. The highest BCUT2D eigenvalue weighted by molar-refractivity contribution is 5.18. The number of hydrogen-bond acceptors (Lipinski definition) is 4. The number of pyridine rings is 1. The molecular formula is C13H21N3O. The lowest BCUT2D eigenvalue weighted by atomic mass is 9.97. The van der Waals surface area contributed by atoms with Crippen molar-refractivity contribution in [2.24, 2.45) is 5.73 Å². The molecule has 17 heavy (non-hydrogen) atoms. The summed E-state index contributed by atoms with van der Waals surface area (Å²) in [7, 11) is 0. The van der Waals surface area contributed by atoms with Crippen LogP contribution >= 0.6 is 0 Å². The Balaban J connectivity index is 2.20. The first-order valence-corrected chi connectivity index (χ1v) is 6.30. The van der Waals surface area contributed by atoms with Crippen LogP contribution in [0.3, 0.4) is 0 Å². The topological polar surface area (TPSA) is 62.4 Å². The predicted molar refractivity (Wildman–Crippen MR) is 67.4 cm³/mol. The Labute approximate surface area is 102 Å². The van der Waals surface area contributed by atoms with Crippen molar-refractivity contribution in [3.05, 3.63) is 30.1 Å². The van der Waals surface area contributed by atoms with E-state index < -0.39 is 0 Å². The van der Waals surface area contributed by atoms with Gasteiger partial charge in [-0.15, -0.1) is 0 Å². The summed E-state index contributed by atoms with van der Waals surface area (Å²) in [5.74, 6) is 0. The molecule has 3 N–H and O–H groups in total. The van der Waals surface area contributed by atoms with Gasteiger partial charge >= 0.3 is 0 Å². The van der Waals surface area contributed by atoms with Crippen molar-refractivity contribution in [1.82, 2.24) is 9.88 Å². The summed E-state index contributed by atoms with van der Waals surface area (Å²) < 4.78 is 0. The fourth-order valence-corrected chi connectivity index (χ4v) is 2.53. The minimum atomic E-state index is -0.205. The van der Waals surface area contributed by atoms with Crippen LogP contribution in [0.1, 0.15) is 31.4 Å². The molecular weight excluding hydrogens is 214 g/mol. The predicted octanol–water partition coefficient (Wildman–Crippen LogP) is 0.927. The molecule has 0 radical (unpaired) electrons. The second-order valence-electron chi connectivity index (χ2n) is 4.73. The molecule has 0 saturated carbocycles. The zero-order chi connectivity index (χ0) is 12.3. The lowest BCUT2D eigenvalue weighted by Gasteiger charge is -2.32. The van der Waals surface area contributed by atoms with Gasteiger partial charge < -0.3 is 10.8 Å². The van der Waals surface area contributed by atoms with Gasteiger partial charge in [-0.3, -0.25) is 9.88 Å². The average Bonchev–Trinajstić information content (AvgIpc) is 2.77. The number of hydrogen-bond donors (Lipinski definition) is 2. The molecule has 0 aromatic carbocycles. The highest BCUT2D eigenvalue weighted by atomic mass is 16.3. The highest BCUT2D eigenvalue weighted by Crippen LogP contribution is 2.28. The van der Waals surface area contributed by atoms with E-state index in [0.29, 0.717) is 0 Å². The molecule has 94 valence electrons. The van der Waals surface area contributed by atoms with E-state index in [2.05, 4.69) is 16.8 Å². The Morgan fingerprint density at radius 2 is 2.24 bits per heavy atom. The molecule has 1 aliphatic heterocycles. The standard InChI is InChI=1S/C13H21N3O/c1-2-12(14)13(10-3-6-15-7-4-10)16-8-5-11(17)9-16/h3-4,6-7,11-13,17H,2,5,8-9,14H2,1H3. The van der Waals surface area contributed by atoms with Gasteiger partial charge in [0.25, 0.3) is 0 Å². The van der Waals surface area contributed by atoms with Crippen molar-refractivity contribution in [2.75, 3.05) is 13.1 Å². The summed E-state index contributed by atoms with van der Waals surface area (Å²) in [5.41, 5.74) is 7.43. The number of rotatable bonds is 4. The maximum Gasteiger partial charge on any atom is 0.0679 e. The largest absolute Gasteiger partial charge is 0.392 e. The molecule has 0 amide bonds. The molecule has 0 aliphatic carbocycles. The van der Waals surface area contributed by atoms with Gasteiger partial charge in [-0.2, -0.15) is 0 Å². The molecule has 0 bridgehead atoms. The third-order valence-electron chi connectivity index (χ3n) is 3.51. The summed E-state index contributed by atoms with van der Waals surface area (Å²) in [5, 5.41) is 9.66. The molecule has 4 nitrogen and oxygen atoms in total. The number of likely N-dealkylation sites (tertiary alicyclic amines) is 1. The van der Waals surface area contributed by atoms with Crippen molar-refractivity contribution in [2.45, 2.75) is 38.0 Å². The molecule has 1 aliphatic rings. The van der Waals surface area contributed by atoms with E-state index in [0.717, 1.165) is 25.9 Å². The van der Waals surface area contributed by atoms with E-state index in [1.807, 2.05) is 12.1 Å². The van der Waals surface area contributed by atoms with Gasteiger partial charge in [-0.05, 0) is 30.5 Å². The van der Waals surface area contributed by atoms with E-state index in [9.17, 15) is 5.11 Å². The molecule has 2 heterocycles. The molecule has 1 aromatic rings. The SMILES string of the molecule is CCC(N)C(c1ccncc1)N1CCC(O)C1. The maximum atomic E-state index is 9.66. The maximum absolute atomic E-state index is 9.66. The van der Waals surface area contributed by atoms with Gasteiger partial charge in [-0.25, -0.2) is 0 Å². The van der Waals surface area contributed by atoms with Crippen LogP contribution in [-0.4, -0.2) is 40.2 Å². The van der Waals surface area contributed by atoms with Gasteiger partial charge in [0.1, 0.15) is 0 Å². The third-order valence-corrected chi connectivity index (χ3v) is 3.51. The number of aromatic nitrogens is 1. The van der Waals surface area contributed by atoms with Crippen molar-refractivity contribution in [1.29, 1.82) is 0 Å². The first-order chi connectivity index (χ1) is 8.22. The van der Waals surface area contributed by atoms with Crippen LogP contribution in [0.5, 0.6) is 0 Å². The van der Waals surface area contributed by atoms with Crippen molar-refractivity contribution in [3.63, 3.8) is 0 Å². The van der Waals surface area contributed by atoms with Crippen LogP contribution in [0.15, 0.2) is 24.5 Å². The molecule has 1 fully saturated rings. The zero-order valence-electron chi connectivity index (χ0n) is 10.3. The van der Waals surface area contributed by atoms with Gasteiger partial charge in [0.2, 0.25) is 0 Å². The number of aliphatic hydroxyl groups excluding tert-OH is 1. The first kappa shape index (κ1) is 12.5. The fourth-order valence-electron chi connectivity index (χ4n) is 2.53. The zero-order valence-corrected chi connectivity index (χ0v) is 10.3. The van der Waals surface area contributed by atoms with Crippen LogP contribution in [0.25, 0.3) is 0 Å². The molecule has 0 spiro atoms. The quantitative estimate of drug-likeness (QED) is 0.815. The lowest BCUT2D eigenvalue weighted by Crippen LogP contribution is -2.40. The fraction of sp³-hybridized carbons (Fsp3) is 0.615. The van der Waals surface area contributed by atoms with Gasteiger partial charge in [0.05, 0.1) is 12.1 Å². The van der Waals surface area contributed by atoms with Crippen LogP contribution in [-0.2, 0) is 0 Å². The van der Waals surface area contributed by atoms with Gasteiger partial charge in [0, 0.05) is 31.5 Å². The normalized spacial score (nSPS) is 24.8. The summed E-state index contributed by atoms with van der Waals surface area (Å²) in [4.78, 5) is 6.33. The molecule has 1 aromatic heterocycles. The molecule has 3 atom stereocenters. The Bertz CT molecular complexity index is 344. The Morgan fingerprint density at radius 3 is 2.76 bits per heavy atom. The minimum Gasteiger partial charge on any atom is -0.392 e. The van der Waals surface area contributed by atoms with Crippen molar-refractivity contribution >= 4 is 0 Å². The Hall–Kier alpha value is -0.970. The van der Waals surface area contributed by atoms with Crippen molar-refractivity contribution < 1.29 is 5.11 Å². The Morgan fingerprint density at radius 1 is 1.53 bits per heavy atom. The van der Waals surface area contributed by atoms with Gasteiger partial charge in [-0.1, -0.05) is 6.92 Å². The second-order valence-corrected chi connectivity index (χ2v) is 4.73. The van der Waals surface area contributed by atoms with E-state index in [4.69, 9.17) is 5.73 Å². The monoisotopic (exact) mass is 235 g/mol. The number of nitrogens with zero attached hydrogens (tertiary/aromatic N) is 2. The van der Waals surface area contributed by atoms with E-state index in [-0.39, 0.29) is 18.2 Å². The van der Waals surface area contributed by atoms with Crippen LogP contribution < -0.4 is 5.73 Å². The number of nitrogens with two attached hydrogens (primary N) is 1. The van der Waals surface area contributed by atoms with Gasteiger partial charge in [0.15, 0.2) is 0 Å². The van der Waals surface area contributed by atoms with Crippen LogP contribution in [0.2, 0.25) is 0 Å². The average molecular weight is 235 g/mol. The van der Waals surface area contributed by atoms with Crippen LogP contribution in [0.4, 0.5) is 0 Å². The smallest absolute Gasteiger partial charge is 0.0679 e. The summed E-state index contributed by atoms with van der Waals surface area (Å²) in [6.45, 7) is 3.74. The minimum absolute atomic E-state index is 0.0997. The Kier molecular flexibility index (Phi) is 4.10. The molecule has 1 saturated heterocycles.